The van der Waals surface area contributed by atoms with Gasteiger partial charge in [-0.2, -0.15) is 0 Å². The number of hydrazine groups is 1. The van der Waals surface area contributed by atoms with E-state index in [-0.39, 0.29) is 24.3 Å². The van der Waals surface area contributed by atoms with Crippen molar-refractivity contribution in [2.24, 2.45) is 11.8 Å². The molecule has 3 amide bonds. The van der Waals surface area contributed by atoms with Crippen LogP contribution in [-0.2, 0) is 14.4 Å². The minimum Gasteiger partial charge on any atom is -0.484 e. The van der Waals surface area contributed by atoms with E-state index >= 15 is 0 Å². The van der Waals surface area contributed by atoms with Crippen molar-refractivity contribution in [1.29, 1.82) is 0 Å². The summed E-state index contributed by atoms with van der Waals surface area (Å²) in [4.78, 5) is 36.8. The second-order valence-corrected chi connectivity index (χ2v) is 7.70. The van der Waals surface area contributed by atoms with Gasteiger partial charge in [0.25, 0.3) is 11.8 Å². The zero-order chi connectivity index (χ0) is 20.5. The SMILES string of the molecule is Cc1ccc(OCC(=O)NNC(=O)[C@@H](NC(=O)C2CCCCC2)C(C)C)cc1. The molecule has 0 saturated heterocycles. The Morgan fingerprint density at radius 1 is 1.04 bits per heavy atom. The number of hydrogen-bond acceptors (Lipinski definition) is 4. The third kappa shape index (κ3) is 6.87. The van der Waals surface area contributed by atoms with E-state index in [0.717, 1.165) is 37.7 Å². The first-order valence-electron chi connectivity index (χ1n) is 9.95. The Bertz CT molecular complexity index is 667. The molecule has 0 radical (unpaired) electrons. The molecule has 2 rings (SSSR count). The average molecular weight is 389 g/mol. The van der Waals surface area contributed by atoms with Crippen LogP contribution in [0.25, 0.3) is 0 Å². The van der Waals surface area contributed by atoms with Gasteiger partial charge in [-0.15, -0.1) is 0 Å². The van der Waals surface area contributed by atoms with Gasteiger partial charge in [0.2, 0.25) is 5.91 Å². The van der Waals surface area contributed by atoms with Gasteiger partial charge in [-0.1, -0.05) is 50.8 Å². The predicted octanol–water partition coefficient (Wildman–Crippen LogP) is 2.24. The Labute approximate surface area is 166 Å². The van der Waals surface area contributed by atoms with Crippen molar-refractivity contribution in [3.8, 4) is 5.75 Å². The average Bonchev–Trinajstić information content (AvgIpc) is 2.70. The Hall–Kier alpha value is -2.57. The Kier molecular flexibility index (Phi) is 8.29. The first-order chi connectivity index (χ1) is 13.4. The number of carbonyl (C=O) groups is 3. The quantitative estimate of drug-likeness (QED) is 0.623. The van der Waals surface area contributed by atoms with Crippen molar-refractivity contribution < 1.29 is 19.1 Å². The number of ether oxygens (including phenoxy) is 1. The normalized spacial score (nSPS) is 15.6. The topological polar surface area (TPSA) is 96.5 Å². The molecule has 1 aromatic carbocycles. The summed E-state index contributed by atoms with van der Waals surface area (Å²) >= 11 is 0. The fourth-order valence-corrected chi connectivity index (χ4v) is 3.20. The lowest BCUT2D eigenvalue weighted by Crippen LogP contribution is -2.55. The van der Waals surface area contributed by atoms with Gasteiger partial charge in [-0.25, -0.2) is 0 Å². The molecule has 154 valence electrons. The number of hydrogen-bond donors (Lipinski definition) is 3. The summed E-state index contributed by atoms with van der Waals surface area (Å²) in [5.41, 5.74) is 5.82. The van der Waals surface area contributed by atoms with Crippen LogP contribution in [0.2, 0.25) is 0 Å². The van der Waals surface area contributed by atoms with Crippen molar-refractivity contribution in [3.63, 3.8) is 0 Å². The zero-order valence-electron chi connectivity index (χ0n) is 16.9. The van der Waals surface area contributed by atoms with Gasteiger partial charge in [-0.05, 0) is 37.8 Å². The van der Waals surface area contributed by atoms with Gasteiger partial charge in [0, 0.05) is 5.92 Å². The standard InChI is InChI=1S/C21H31N3O4/c1-14(2)19(22-20(26)16-7-5-4-6-8-16)21(27)24-23-18(25)13-28-17-11-9-15(3)10-12-17/h9-12,14,16,19H,4-8,13H2,1-3H3,(H,22,26)(H,23,25)(H,24,27)/t19-/m0/s1. The lowest BCUT2D eigenvalue weighted by molar-refractivity contribution is -0.135. The van der Waals surface area contributed by atoms with E-state index in [1.54, 1.807) is 12.1 Å². The van der Waals surface area contributed by atoms with E-state index in [0.29, 0.717) is 5.75 Å². The molecule has 1 aliphatic rings. The van der Waals surface area contributed by atoms with Crippen LogP contribution in [0.1, 0.15) is 51.5 Å². The van der Waals surface area contributed by atoms with Crippen LogP contribution in [-0.4, -0.2) is 30.4 Å². The first kappa shape index (κ1) is 21.7. The van der Waals surface area contributed by atoms with E-state index in [1.165, 1.54) is 0 Å². The number of carbonyl (C=O) groups excluding carboxylic acids is 3. The van der Waals surface area contributed by atoms with Crippen LogP contribution in [0.3, 0.4) is 0 Å². The molecule has 1 aliphatic carbocycles. The van der Waals surface area contributed by atoms with Gasteiger partial charge >= 0.3 is 0 Å². The van der Waals surface area contributed by atoms with Gasteiger partial charge in [-0.3, -0.25) is 25.2 Å². The Balaban J connectivity index is 1.78. The maximum Gasteiger partial charge on any atom is 0.276 e. The molecule has 3 N–H and O–H groups in total. The molecule has 0 unspecified atom stereocenters. The highest BCUT2D eigenvalue weighted by molar-refractivity contribution is 5.90. The lowest BCUT2D eigenvalue weighted by Gasteiger charge is -2.26. The molecule has 0 heterocycles. The zero-order valence-corrected chi connectivity index (χ0v) is 16.9. The predicted molar refractivity (Wildman–Crippen MR) is 106 cm³/mol. The van der Waals surface area contributed by atoms with Crippen molar-refractivity contribution in [3.05, 3.63) is 29.8 Å². The van der Waals surface area contributed by atoms with E-state index in [9.17, 15) is 14.4 Å². The van der Waals surface area contributed by atoms with Crippen LogP contribution in [0.4, 0.5) is 0 Å². The molecule has 0 aliphatic heterocycles. The van der Waals surface area contributed by atoms with Gasteiger partial charge in [0.15, 0.2) is 6.61 Å². The van der Waals surface area contributed by atoms with Gasteiger partial charge in [0.1, 0.15) is 11.8 Å². The fourth-order valence-electron chi connectivity index (χ4n) is 3.20. The minimum atomic E-state index is -0.701. The third-order valence-electron chi connectivity index (χ3n) is 4.94. The highest BCUT2D eigenvalue weighted by Crippen LogP contribution is 2.24. The van der Waals surface area contributed by atoms with Crippen molar-refractivity contribution in [1.82, 2.24) is 16.2 Å². The largest absolute Gasteiger partial charge is 0.484 e. The fraction of sp³-hybridized carbons (Fsp3) is 0.571. The van der Waals surface area contributed by atoms with Crippen LogP contribution in [0.5, 0.6) is 5.75 Å². The maximum absolute atomic E-state index is 12.4. The molecule has 0 bridgehead atoms. The third-order valence-corrected chi connectivity index (χ3v) is 4.94. The van der Waals surface area contributed by atoms with Crippen LogP contribution in [0.15, 0.2) is 24.3 Å². The van der Waals surface area contributed by atoms with E-state index in [1.807, 2.05) is 32.9 Å². The molecular weight excluding hydrogens is 358 g/mol. The first-order valence-corrected chi connectivity index (χ1v) is 9.95. The minimum absolute atomic E-state index is 0.0275. The Morgan fingerprint density at radius 3 is 2.29 bits per heavy atom. The van der Waals surface area contributed by atoms with Crippen LogP contribution < -0.4 is 20.9 Å². The number of rotatable bonds is 7. The van der Waals surface area contributed by atoms with E-state index in [4.69, 9.17) is 4.74 Å². The highest BCUT2D eigenvalue weighted by atomic mass is 16.5. The summed E-state index contributed by atoms with van der Waals surface area (Å²) in [6.07, 6.45) is 4.99. The van der Waals surface area contributed by atoms with Crippen LogP contribution in [0, 0.1) is 18.8 Å². The number of aryl methyl sites for hydroxylation is 1. The summed E-state index contributed by atoms with van der Waals surface area (Å²) < 4.78 is 5.37. The molecule has 0 aromatic heterocycles. The molecule has 0 spiro atoms. The maximum atomic E-state index is 12.4. The molecule has 7 nitrogen and oxygen atoms in total. The molecule has 28 heavy (non-hydrogen) atoms. The summed E-state index contributed by atoms with van der Waals surface area (Å²) in [7, 11) is 0. The molecule has 1 aromatic rings. The lowest BCUT2D eigenvalue weighted by atomic mass is 9.88. The van der Waals surface area contributed by atoms with Crippen molar-refractivity contribution in [2.45, 2.75) is 58.9 Å². The monoisotopic (exact) mass is 389 g/mol. The molecule has 1 saturated carbocycles. The number of benzene rings is 1. The van der Waals surface area contributed by atoms with Crippen LogP contribution >= 0.6 is 0 Å². The van der Waals surface area contributed by atoms with E-state index < -0.39 is 17.9 Å². The van der Waals surface area contributed by atoms with Gasteiger partial charge in [0.05, 0.1) is 0 Å². The second-order valence-electron chi connectivity index (χ2n) is 7.70. The summed E-state index contributed by atoms with van der Waals surface area (Å²) in [5, 5.41) is 2.84. The highest BCUT2D eigenvalue weighted by Gasteiger charge is 2.28. The van der Waals surface area contributed by atoms with Gasteiger partial charge < -0.3 is 10.1 Å². The van der Waals surface area contributed by atoms with E-state index in [2.05, 4.69) is 16.2 Å². The number of nitrogens with one attached hydrogen (secondary N) is 3. The molecule has 1 fully saturated rings. The Morgan fingerprint density at radius 2 is 1.68 bits per heavy atom. The summed E-state index contributed by atoms with van der Waals surface area (Å²) in [6.45, 7) is 5.45. The summed E-state index contributed by atoms with van der Waals surface area (Å²) in [6, 6.07) is 6.62. The molecular formula is C21H31N3O4. The molecule has 1 atom stereocenters. The van der Waals surface area contributed by atoms with Crippen molar-refractivity contribution >= 4 is 17.7 Å². The number of amides is 3. The smallest absolute Gasteiger partial charge is 0.276 e. The second kappa shape index (κ2) is 10.7. The van der Waals surface area contributed by atoms with Crippen molar-refractivity contribution in [2.75, 3.05) is 6.61 Å². The summed E-state index contributed by atoms with van der Waals surface area (Å²) in [5.74, 6) is -0.555. The molecule has 7 heteroatoms.